The van der Waals surface area contributed by atoms with Crippen LogP contribution in [0.2, 0.25) is 0 Å². The van der Waals surface area contributed by atoms with Crippen LogP contribution in [0.5, 0.6) is 0 Å². The lowest BCUT2D eigenvalue weighted by atomic mass is 9.53. The van der Waals surface area contributed by atoms with Crippen molar-refractivity contribution in [1.82, 2.24) is 20.5 Å². The summed E-state index contributed by atoms with van der Waals surface area (Å²) in [6, 6.07) is 1.21. The number of urea groups is 1. The first-order chi connectivity index (χ1) is 12.9. The molecule has 0 aliphatic heterocycles. The Labute approximate surface area is 163 Å². The summed E-state index contributed by atoms with van der Waals surface area (Å²) in [5.41, 5.74) is 2.23. The molecule has 5 rings (SSSR count). The highest BCUT2D eigenvalue weighted by Gasteiger charge is 2.51. The minimum atomic E-state index is -0.584. The fourth-order valence-corrected chi connectivity index (χ4v) is 6.53. The van der Waals surface area contributed by atoms with Gasteiger partial charge >= 0.3 is 6.03 Å². The molecule has 27 heavy (non-hydrogen) atoms. The van der Waals surface area contributed by atoms with Gasteiger partial charge < -0.3 is 10.6 Å². The van der Waals surface area contributed by atoms with Crippen LogP contribution in [0.3, 0.4) is 0 Å². The standard InChI is InChI=1S/C19H28N4O3S/c1-10(2)16(14-6-15(27-23-14)17(24)22-26)20-18(25)21-19-7-11-3-12(8-19)5-13(4-11)9-19/h6,10-13,16,26H,3-5,7-9H2,1-2H3,(H,22,24)(H2,20,21,25). The highest BCUT2D eigenvalue weighted by Crippen LogP contribution is 2.55. The first kappa shape index (κ1) is 18.7. The van der Waals surface area contributed by atoms with Crippen molar-refractivity contribution in [1.29, 1.82) is 0 Å². The molecular weight excluding hydrogens is 364 g/mol. The summed E-state index contributed by atoms with van der Waals surface area (Å²) in [6.45, 7) is 4.03. The van der Waals surface area contributed by atoms with Crippen LogP contribution in [-0.4, -0.2) is 27.1 Å². The summed E-state index contributed by atoms with van der Waals surface area (Å²) >= 11 is 1.02. The molecule has 1 aromatic rings. The van der Waals surface area contributed by atoms with Gasteiger partial charge in [0.2, 0.25) is 0 Å². The van der Waals surface area contributed by atoms with Gasteiger partial charge in [0.1, 0.15) is 4.88 Å². The average Bonchev–Trinajstić information content (AvgIpc) is 3.06. The maximum Gasteiger partial charge on any atom is 0.315 e. The van der Waals surface area contributed by atoms with Gasteiger partial charge in [0.15, 0.2) is 0 Å². The van der Waals surface area contributed by atoms with E-state index in [1.54, 1.807) is 11.5 Å². The number of carbonyl (C=O) groups is 2. The van der Waals surface area contributed by atoms with Crippen molar-refractivity contribution in [2.45, 2.75) is 64.0 Å². The number of amides is 3. The summed E-state index contributed by atoms with van der Waals surface area (Å²) < 4.78 is 4.31. The summed E-state index contributed by atoms with van der Waals surface area (Å²) in [7, 11) is 0. The van der Waals surface area contributed by atoms with Crippen LogP contribution >= 0.6 is 11.5 Å². The number of hydroxylamine groups is 1. The van der Waals surface area contributed by atoms with Crippen LogP contribution in [0.25, 0.3) is 0 Å². The number of nitrogens with one attached hydrogen (secondary N) is 3. The molecule has 7 nitrogen and oxygen atoms in total. The Morgan fingerprint density at radius 3 is 2.30 bits per heavy atom. The molecule has 148 valence electrons. The van der Waals surface area contributed by atoms with Crippen LogP contribution in [0.4, 0.5) is 4.79 Å². The normalized spacial score (nSPS) is 32.4. The Balaban J connectivity index is 1.44. The zero-order valence-electron chi connectivity index (χ0n) is 15.8. The third-order valence-electron chi connectivity index (χ3n) is 6.54. The van der Waals surface area contributed by atoms with Crippen molar-refractivity contribution in [2.24, 2.45) is 23.7 Å². The highest BCUT2D eigenvalue weighted by atomic mass is 32.1. The number of hydrogen-bond donors (Lipinski definition) is 4. The topological polar surface area (TPSA) is 103 Å². The quantitative estimate of drug-likeness (QED) is 0.456. The summed E-state index contributed by atoms with van der Waals surface area (Å²) in [4.78, 5) is 24.7. The van der Waals surface area contributed by atoms with Gasteiger partial charge in [0, 0.05) is 5.54 Å². The molecule has 4 N–H and O–H groups in total. The number of carbonyl (C=O) groups excluding carboxylic acids is 2. The molecule has 0 spiro atoms. The Morgan fingerprint density at radius 2 is 1.78 bits per heavy atom. The molecule has 1 aromatic heterocycles. The number of rotatable bonds is 5. The number of nitrogens with zero attached hydrogens (tertiary/aromatic N) is 1. The number of aromatic nitrogens is 1. The lowest BCUT2D eigenvalue weighted by molar-refractivity contribution is -0.0137. The van der Waals surface area contributed by atoms with Gasteiger partial charge in [-0.15, -0.1) is 0 Å². The molecular formula is C19H28N4O3S. The van der Waals surface area contributed by atoms with Crippen LogP contribution < -0.4 is 16.1 Å². The third kappa shape index (κ3) is 3.69. The molecule has 4 aliphatic carbocycles. The van der Waals surface area contributed by atoms with Crippen LogP contribution in [0.1, 0.15) is 73.8 Å². The Kier molecular flexibility index (Phi) is 4.88. The van der Waals surface area contributed by atoms with E-state index in [9.17, 15) is 9.59 Å². The molecule has 4 bridgehead atoms. The number of hydrogen-bond acceptors (Lipinski definition) is 5. The Bertz CT molecular complexity index is 697. The molecule has 1 heterocycles. The van der Waals surface area contributed by atoms with Crippen LogP contribution in [0.15, 0.2) is 6.07 Å². The van der Waals surface area contributed by atoms with Crippen LogP contribution in [0, 0.1) is 23.7 Å². The second kappa shape index (κ2) is 7.05. The lowest BCUT2D eigenvalue weighted by Gasteiger charge is -2.56. The molecule has 4 fully saturated rings. The molecule has 0 aromatic carbocycles. The third-order valence-corrected chi connectivity index (χ3v) is 7.34. The molecule has 4 saturated carbocycles. The van der Waals surface area contributed by atoms with E-state index in [1.165, 1.54) is 19.3 Å². The van der Waals surface area contributed by atoms with E-state index in [1.807, 2.05) is 13.8 Å². The zero-order chi connectivity index (χ0) is 19.2. The van der Waals surface area contributed by atoms with Gasteiger partial charge in [-0.05, 0) is 79.8 Å². The van der Waals surface area contributed by atoms with E-state index in [0.29, 0.717) is 10.6 Å². The minimum Gasteiger partial charge on any atom is -0.333 e. The van der Waals surface area contributed by atoms with Gasteiger partial charge in [-0.1, -0.05) is 13.8 Å². The van der Waals surface area contributed by atoms with Gasteiger partial charge in [-0.3, -0.25) is 10.0 Å². The molecule has 4 aliphatic rings. The van der Waals surface area contributed by atoms with E-state index in [4.69, 9.17) is 5.21 Å². The lowest BCUT2D eigenvalue weighted by Crippen LogP contribution is -2.61. The largest absolute Gasteiger partial charge is 0.333 e. The van der Waals surface area contributed by atoms with Crippen molar-refractivity contribution in [2.75, 3.05) is 0 Å². The van der Waals surface area contributed by atoms with Crippen molar-refractivity contribution < 1.29 is 14.8 Å². The molecule has 0 saturated heterocycles. The predicted octanol–water partition coefficient (Wildman–Crippen LogP) is 3.23. The highest BCUT2D eigenvalue weighted by molar-refractivity contribution is 7.08. The van der Waals surface area contributed by atoms with Crippen molar-refractivity contribution >= 4 is 23.5 Å². The van der Waals surface area contributed by atoms with Crippen molar-refractivity contribution in [3.63, 3.8) is 0 Å². The van der Waals surface area contributed by atoms with Crippen molar-refractivity contribution in [3.05, 3.63) is 16.6 Å². The van der Waals surface area contributed by atoms with Gasteiger partial charge in [-0.2, -0.15) is 4.37 Å². The molecule has 3 amide bonds. The summed E-state index contributed by atoms with van der Waals surface area (Å²) in [5, 5.41) is 15.2. The Hall–Kier alpha value is -1.67. The Morgan fingerprint density at radius 1 is 1.19 bits per heavy atom. The SMILES string of the molecule is CC(C)C(NC(=O)NC12CC3CC(CC(C3)C1)C2)c1cc(C(=O)NO)sn1. The molecule has 0 radical (unpaired) electrons. The minimum absolute atomic E-state index is 0.0373. The zero-order valence-corrected chi connectivity index (χ0v) is 16.6. The molecule has 1 atom stereocenters. The second-order valence-corrected chi connectivity index (χ2v) is 9.88. The van der Waals surface area contributed by atoms with E-state index < -0.39 is 5.91 Å². The predicted molar refractivity (Wildman–Crippen MR) is 102 cm³/mol. The molecule has 1 unspecified atom stereocenters. The van der Waals surface area contributed by atoms with Crippen LogP contribution in [-0.2, 0) is 0 Å². The first-order valence-electron chi connectivity index (χ1n) is 9.87. The van der Waals surface area contributed by atoms with Gasteiger partial charge in [0.25, 0.3) is 5.91 Å². The first-order valence-corrected chi connectivity index (χ1v) is 10.6. The maximum atomic E-state index is 12.8. The van der Waals surface area contributed by atoms with E-state index >= 15 is 0 Å². The second-order valence-electron chi connectivity index (χ2n) is 9.07. The summed E-state index contributed by atoms with van der Waals surface area (Å²) in [5.74, 6) is 1.86. The maximum absolute atomic E-state index is 12.8. The van der Waals surface area contributed by atoms with E-state index in [-0.39, 0.29) is 23.5 Å². The average molecular weight is 393 g/mol. The van der Waals surface area contributed by atoms with Gasteiger partial charge in [0.05, 0.1) is 11.7 Å². The molecule has 8 heteroatoms. The fourth-order valence-electron chi connectivity index (χ4n) is 5.86. The summed E-state index contributed by atoms with van der Waals surface area (Å²) in [6.07, 6.45) is 7.34. The smallest absolute Gasteiger partial charge is 0.315 e. The van der Waals surface area contributed by atoms with Gasteiger partial charge in [-0.25, -0.2) is 10.3 Å². The monoisotopic (exact) mass is 392 g/mol. The fraction of sp³-hybridized carbons (Fsp3) is 0.737. The van der Waals surface area contributed by atoms with Crippen molar-refractivity contribution in [3.8, 4) is 0 Å². The van der Waals surface area contributed by atoms with E-state index in [2.05, 4.69) is 15.0 Å². The van der Waals surface area contributed by atoms with E-state index in [0.717, 1.165) is 48.5 Å².